The lowest BCUT2D eigenvalue weighted by Crippen LogP contribution is -2.30. The Morgan fingerprint density at radius 1 is 1.00 bits per heavy atom. The van der Waals surface area contributed by atoms with Crippen molar-refractivity contribution < 1.29 is 42.5 Å². The zero-order valence-corrected chi connectivity index (χ0v) is 19.4. The van der Waals surface area contributed by atoms with E-state index in [1.54, 1.807) is 0 Å². The number of hydrogen-bond acceptors (Lipinski definition) is 9. The van der Waals surface area contributed by atoms with Crippen LogP contribution >= 0.6 is 0 Å². The van der Waals surface area contributed by atoms with Crippen molar-refractivity contribution in [2.24, 2.45) is 0 Å². The van der Waals surface area contributed by atoms with Crippen molar-refractivity contribution in [2.45, 2.75) is 26.4 Å². The molecule has 0 spiro atoms. The first-order valence-electron chi connectivity index (χ1n) is 10.4. The normalized spacial score (nSPS) is 13.6. The quantitative estimate of drug-likeness (QED) is 0.272. The van der Waals surface area contributed by atoms with Gasteiger partial charge in [-0.25, -0.2) is 4.79 Å². The lowest BCUT2D eigenvalue weighted by Gasteiger charge is -2.25. The van der Waals surface area contributed by atoms with E-state index in [1.807, 2.05) is 19.9 Å². The highest BCUT2D eigenvalue weighted by molar-refractivity contribution is 6.27. The van der Waals surface area contributed by atoms with Crippen molar-refractivity contribution in [3.63, 3.8) is 0 Å². The zero-order valence-electron chi connectivity index (χ0n) is 19.4. The number of esters is 1. The van der Waals surface area contributed by atoms with Crippen LogP contribution in [0.15, 0.2) is 58.4 Å². The van der Waals surface area contributed by atoms with Gasteiger partial charge in [0.05, 0.1) is 23.0 Å². The van der Waals surface area contributed by atoms with Crippen molar-refractivity contribution in [3.05, 3.63) is 70.7 Å². The number of hydrogen-bond donors (Lipinski definition) is 0. The highest BCUT2D eigenvalue weighted by Gasteiger charge is 2.36. The van der Waals surface area contributed by atoms with Gasteiger partial charge in [0, 0.05) is 26.2 Å². The number of ether oxygens (including phenoxy) is 5. The first-order valence-corrected chi connectivity index (χ1v) is 10.4. The van der Waals surface area contributed by atoms with E-state index in [-0.39, 0.29) is 53.8 Å². The van der Waals surface area contributed by atoms with Gasteiger partial charge >= 0.3 is 5.97 Å². The number of benzene rings is 1. The fraction of sp³-hybridized carbons (Fsp3) is 0.320. The fourth-order valence-corrected chi connectivity index (χ4v) is 3.34. The summed E-state index contributed by atoms with van der Waals surface area (Å²) in [5.41, 5.74) is 1.23. The average Bonchev–Trinajstić information content (AvgIpc) is 3.36. The maximum atomic E-state index is 13.7. The Bertz CT molecular complexity index is 1110. The monoisotopic (exact) mass is 470 g/mol. The molecule has 0 aliphatic heterocycles. The summed E-state index contributed by atoms with van der Waals surface area (Å²) in [5.74, 6) is -1.36. The van der Waals surface area contributed by atoms with Crippen molar-refractivity contribution in [1.82, 2.24) is 0 Å². The molecule has 1 aromatic carbocycles. The van der Waals surface area contributed by atoms with Crippen molar-refractivity contribution in [2.75, 3.05) is 27.8 Å². The van der Waals surface area contributed by atoms with Gasteiger partial charge in [0.25, 0.3) is 0 Å². The topological polar surface area (TPSA) is 110 Å². The van der Waals surface area contributed by atoms with Crippen LogP contribution in [0.25, 0.3) is 0 Å². The van der Waals surface area contributed by atoms with Gasteiger partial charge in [-0.15, -0.1) is 0 Å². The molecule has 34 heavy (non-hydrogen) atoms. The third kappa shape index (κ3) is 5.62. The summed E-state index contributed by atoms with van der Waals surface area (Å²) in [6.07, 6.45) is 4.76. The van der Waals surface area contributed by atoms with E-state index >= 15 is 0 Å². The molecule has 0 saturated carbocycles. The Kier molecular flexibility index (Phi) is 8.39. The number of fused-ring (bicyclic) bond motifs is 1. The number of carbonyl (C=O) groups excluding carboxylic acids is 3. The van der Waals surface area contributed by atoms with Crippen LogP contribution in [0.3, 0.4) is 0 Å². The number of rotatable bonds is 11. The van der Waals surface area contributed by atoms with Crippen LogP contribution < -0.4 is 9.47 Å². The molecule has 180 valence electrons. The lowest BCUT2D eigenvalue weighted by molar-refractivity contribution is 0.0368. The average molecular weight is 470 g/mol. The molecule has 0 amide bonds. The molecule has 1 aromatic heterocycles. The zero-order chi connectivity index (χ0) is 24.7. The fourth-order valence-electron chi connectivity index (χ4n) is 3.34. The van der Waals surface area contributed by atoms with Gasteiger partial charge in [0.2, 0.25) is 0 Å². The van der Waals surface area contributed by atoms with Crippen LogP contribution in [0.2, 0.25) is 0 Å². The van der Waals surface area contributed by atoms with Crippen LogP contribution in [-0.4, -0.2) is 51.4 Å². The number of furan rings is 1. The summed E-state index contributed by atoms with van der Waals surface area (Å²) in [7, 11) is 2.88. The molecular formula is C25H26O9. The van der Waals surface area contributed by atoms with E-state index in [0.717, 1.165) is 5.57 Å². The molecule has 9 heteroatoms. The SMILES string of the molecule is COCOc1ccc(OCOC)c2c1C(=O)C=C([C@@H](CC=C(C)C)OC(=O)c1ccoc1)C2=O. The second-order valence-corrected chi connectivity index (χ2v) is 7.63. The molecule has 3 rings (SSSR count). The van der Waals surface area contributed by atoms with Crippen molar-refractivity contribution >= 4 is 17.5 Å². The van der Waals surface area contributed by atoms with E-state index in [1.165, 1.54) is 51.0 Å². The Hall–Kier alpha value is -3.69. The minimum atomic E-state index is -1.01. The molecule has 0 bridgehead atoms. The molecule has 1 aliphatic rings. The molecule has 0 unspecified atom stereocenters. The highest BCUT2D eigenvalue weighted by atomic mass is 16.7. The first kappa shape index (κ1) is 24.9. The summed E-state index contributed by atoms with van der Waals surface area (Å²) < 4.78 is 31.5. The third-order valence-corrected chi connectivity index (χ3v) is 4.91. The second-order valence-electron chi connectivity index (χ2n) is 7.63. The number of Topliss-reactive ketones (excluding diaryl/α,β-unsaturated/α-hetero) is 1. The van der Waals surface area contributed by atoms with Gasteiger partial charge in [0.15, 0.2) is 25.2 Å². The van der Waals surface area contributed by atoms with E-state index in [9.17, 15) is 14.4 Å². The van der Waals surface area contributed by atoms with Crippen molar-refractivity contribution in [1.29, 1.82) is 0 Å². The Morgan fingerprint density at radius 2 is 1.65 bits per heavy atom. The maximum absolute atomic E-state index is 13.7. The standard InChI is InChI=1S/C25H26O9/c1-15(2)5-6-19(34-25(28)16-9-10-31-12-16)17-11-18(26)22-20(32-13-29-3)7-8-21(33-14-30-4)23(22)24(17)27/h5,7-12,19H,6,13-14H2,1-4H3/t19-/m1/s1. The molecule has 1 heterocycles. The summed E-state index contributed by atoms with van der Waals surface area (Å²) >= 11 is 0. The van der Waals surface area contributed by atoms with Crippen LogP contribution in [0.1, 0.15) is 51.3 Å². The molecule has 1 aliphatic carbocycles. The van der Waals surface area contributed by atoms with Crippen LogP contribution in [0.4, 0.5) is 0 Å². The second kappa shape index (κ2) is 11.4. The van der Waals surface area contributed by atoms with Crippen LogP contribution in [0.5, 0.6) is 11.5 Å². The molecule has 9 nitrogen and oxygen atoms in total. The van der Waals surface area contributed by atoms with E-state index in [0.29, 0.717) is 0 Å². The summed E-state index contributed by atoms with van der Waals surface area (Å²) in [6, 6.07) is 4.49. The van der Waals surface area contributed by atoms with E-state index in [4.69, 9.17) is 28.1 Å². The van der Waals surface area contributed by atoms with E-state index < -0.39 is 23.6 Å². The Morgan fingerprint density at radius 3 is 2.21 bits per heavy atom. The third-order valence-electron chi connectivity index (χ3n) is 4.91. The maximum Gasteiger partial charge on any atom is 0.342 e. The summed E-state index contributed by atoms with van der Waals surface area (Å²) in [4.78, 5) is 39.5. The number of carbonyl (C=O) groups is 3. The number of allylic oxidation sites excluding steroid dienone is 2. The van der Waals surface area contributed by atoms with Gasteiger partial charge in [-0.05, 0) is 38.1 Å². The Balaban J connectivity index is 2.04. The minimum Gasteiger partial charge on any atom is -0.472 e. The van der Waals surface area contributed by atoms with E-state index in [2.05, 4.69) is 0 Å². The molecule has 0 N–H and O–H groups in total. The molecule has 0 radical (unpaired) electrons. The van der Waals surface area contributed by atoms with Gasteiger partial charge in [-0.3, -0.25) is 9.59 Å². The molecular weight excluding hydrogens is 444 g/mol. The predicted octanol–water partition coefficient (Wildman–Crippen LogP) is 4.13. The number of ketones is 2. The van der Waals surface area contributed by atoms with Gasteiger partial charge < -0.3 is 28.1 Å². The molecule has 0 saturated heterocycles. The van der Waals surface area contributed by atoms with Crippen LogP contribution in [0, 0.1) is 0 Å². The van der Waals surface area contributed by atoms with Gasteiger partial charge in [0.1, 0.15) is 23.9 Å². The smallest absolute Gasteiger partial charge is 0.342 e. The molecule has 2 aromatic rings. The first-order chi connectivity index (χ1) is 16.4. The molecule has 1 atom stereocenters. The summed E-state index contributed by atoms with van der Waals surface area (Å²) in [5, 5.41) is 0. The molecule has 0 fully saturated rings. The highest BCUT2D eigenvalue weighted by Crippen LogP contribution is 2.38. The van der Waals surface area contributed by atoms with Gasteiger partial charge in [-0.1, -0.05) is 11.6 Å². The largest absolute Gasteiger partial charge is 0.472 e. The van der Waals surface area contributed by atoms with Crippen molar-refractivity contribution in [3.8, 4) is 11.5 Å². The minimum absolute atomic E-state index is 0.00899. The predicted molar refractivity (Wildman–Crippen MR) is 120 cm³/mol. The lowest BCUT2D eigenvalue weighted by atomic mass is 9.85. The summed E-state index contributed by atoms with van der Waals surface area (Å²) in [6.45, 7) is 3.50. The van der Waals surface area contributed by atoms with Crippen LogP contribution in [-0.2, 0) is 14.2 Å². The van der Waals surface area contributed by atoms with Gasteiger partial charge in [-0.2, -0.15) is 0 Å². The Labute approximate surface area is 196 Å². The number of methoxy groups -OCH3 is 2.